The van der Waals surface area contributed by atoms with Crippen LogP contribution in [0, 0.1) is 0 Å². The molecule has 0 amide bonds. The van der Waals surface area contributed by atoms with Gasteiger partial charge in [-0.25, -0.2) is 0 Å². The number of carbonyl (C=O) groups excluding carboxylic acids is 2. The van der Waals surface area contributed by atoms with E-state index in [9.17, 15) is 9.59 Å². The van der Waals surface area contributed by atoms with Crippen LogP contribution in [0.15, 0.2) is 0 Å². The Labute approximate surface area is 199 Å². The Morgan fingerprint density at radius 1 is 0.727 bits per heavy atom. The lowest BCUT2D eigenvalue weighted by Crippen LogP contribution is -2.62. The summed E-state index contributed by atoms with van der Waals surface area (Å²) in [7, 11) is 1.49. The van der Waals surface area contributed by atoms with Gasteiger partial charge in [0.25, 0.3) is 0 Å². The van der Waals surface area contributed by atoms with Gasteiger partial charge in [0.2, 0.25) is 0 Å². The van der Waals surface area contributed by atoms with Crippen LogP contribution in [0.2, 0.25) is 0 Å². The minimum Gasteiger partial charge on any atom is -0.463 e. The highest BCUT2D eigenvalue weighted by molar-refractivity contribution is 5.66. The second-order valence-electron chi connectivity index (χ2n) is 8.65. The van der Waals surface area contributed by atoms with Gasteiger partial charge < -0.3 is 28.4 Å². The third kappa shape index (κ3) is 12.2. The molecule has 1 heterocycles. The summed E-state index contributed by atoms with van der Waals surface area (Å²) >= 11 is 0. The minimum atomic E-state index is -0.844. The van der Waals surface area contributed by atoms with Crippen molar-refractivity contribution >= 4 is 11.9 Å². The van der Waals surface area contributed by atoms with Gasteiger partial charge in [0.15, 0.2) is 12.4 Å². The van der Waals surface area contributed by atoms with E-state index in [1.807, 2.05) is 0 Å². The lowest BCUT2D eigenvalue weighted by Gasteiger charge is -2.44. The Bertz CT molecular complexity index is 527. The first-order valence-electron chi connectivity index (χ1n) is 12.7. The molecule has 0 aliphatic carbocycles. The molecular weight excluding hydrogens is 428 g/mol. The van der Waals surface area contributed by atoms with E-state index in [1.54, 1.807) is 0 Å². The number of rotatable bonds is 18. The van der Waals surface area contributed by atoms with Crippen LogP contribution in [0.4, 0.5) is 0 Å². The van der Waals surface area contributed by atoms with Crippen molar-refractivity contribution in [3.05, 3.63) is 0 Å². The van der Waals surface area contributed by atoms with Gasteiger partial charge in [-0.05, 0) is 12.8 Å². The second kappa shape index (κ2) is 18.2. The van der Waals surface area contributed by atoms with E-state index >= 15 is 0 Å². The molecule has 1 aliphatic rings. The maximum atomic E-state index is 11.8. The normalized spacial score (nSPS) is 25.1. The molecule has 1 aliphatic heterocycles. The molecule has 1 rings (SSSR count). The summed E-state index contributed by atoms with van der Waals surface area (Å²) in [6.07, 6.45) is 7.70. The standard InChI is InChI=1S/C25H46O8/c1-6-8-10-12-14-16-29-22-21(18-31-19(3)26)33-25(28-5)24(32-20(4)27)23(22)30-17-15-13-11-9-7-2/h21-25H,6-18H2,1-5H3/t21-,22-,23+,24+,25+/m1/s1. The molecule has 0 spiro atoms. The Hall–Kier alpha value is -1.22. The smallest absolute Gasteiger partial charge is 0.303 e. The molecule has 0 N–H and O–H groups in total. The summed E-state index contributed by atoms with van der Waals surface area (Å²) in [5.41, 5.74) is 0. The molecule has 0 bridgehead atoms. The van der Waals surface area contributed by atoms with Gasteiger partial charge in [-0.2, -0.15) is 0 Å². The first kappa shape index (κ1) is 29.8. The maximum absolute atomic E-state index is 11.8. The van der Waals surface area contributed by atoms with Crippen LogP contribution in [-0.4, -0.2) is 69.6 Å². The van der Waals surface area contributed by atoms with Crippen molar-refractivity contribution in [3.8, 4) is 0 Å². The predicted octanol–water partition coefficient (Wildman–Crippen LogP) is 4.56. The molecule has 0 radical (unpaired) electrons. The zero-order valence-electron chi connectivity index (χ0n) is 21.3. The van der Waals surface area contributed by atoms with Crippen LogP contribution in [-0.2, 0) is 38.0 Å². The van der Waals surface area contributed by atoms with Gasteiger partial charge in [-0.15, -0.1) is 0 Å². The third-order valence-corrected chi connectivity index (χ3v) is 5.69. The fourth-order valence-electron chi connectivity index (χ4n) is 3.96. The summed E-state index contributed by atoms with van der Waals surface area (Å²) in [6, 6.07) is 0. The number of unbranched alkanes of at least 4 members (excludes halogenated alkanes) is 8. The van der Waals surface area contributed by atoms with Gasteiger partial charge in [0.1, 0.15) is 24.9 Å². The quantitative estimate of drug-likeness (QED) is 0.211. The van der Waals surface area contributed by atoms with E-state index in [4.69, 9.17) is 28.4 Å². The van der Waals surface area contributed by atoms with Crippen LogP contribution < -0.4 is 0 Å². The Balaban J connectivity index is 2.92. The van der Waals surface area contributed by atoms with Gasteiger partial charge in [0.05, 0.1) is 0 Å². The van der Waals surface area contributed by atoms with Crippen molar-refractivity contribution in [1.29, 1.82) is 0 Å². The molecule has 0 unspecified atom stereocenters. The van der Waals surface area contributed by atoms with Gasteiger partial charge in [-0.3, -0.25) is 9.59 Å². The van der Waals surface area contributed by atoms with Crippen molar-refractivity contribution in [2.45, 2.75) is 123 Å². The molecule has 8 heteroatoms. The lowest BCUT2D eigenvalue weighted by molar-refractivity contribution is -0.311. The largest absolute Gasteiger partial charge is 0.463 e. The molecular formula is C25H46O8. The topological polar surface area (TPSA) is 89.5 Å². The molecule has 0 aromatic rings. The third-order valence-electron chi connectivity index (χ3n) is 5.69. The molecule has 1 saturated heterocycles. The molecule has 33 heavy (non-hydrogen) atoms. The molecule has 1 fully saturated rings. The number of hydrogen-bond acceptors (Lipinski definition) is 8. The first-order valence-corrected chi connectivity index (χ1v) is 12.7. The Morgan fingerprint density at radius 2 is 1.27 bits per heavy atom. The molecule has 8 nitrogen and oxygen atoms in total. The van der Waals surface area contributed by atoms with E-state index < -0.39 is 42.6 Å². The van der Waals surface area contributed by atoms with E-state index in [0.717, 1.165) is 38.5 Å². The van der Waals surface area contributed by atoms with E-state index in [0.29, 0.717) is 13.2 Å². The van der Waals surface area contributed by atoms with Crippen LogP contribution in [0.3, 0.4) is 0 Å². The average molecular weight is 475 g/mol. The summed E-state index contributed by atoms with van der Waals surface area (Å²) in [6.45, 7) is 8.12. The number of esters is 2. The van der Waals surface area contributed by atoms with Crippen molar-refractivity contribution in [3.63, 3.8) is 0 Å². The lowest BCUT2D eigenvalue weighted by atomic mass is 9.98. The Morgan fingerprint density at radius 3 is 1.76 bits per heavy atom. The van der Waals surface area contributed by atoms with E-state index in [1.165, 1.54) is 46.6 Å². The van der Waals surface area contributed by atoms with E-state index in [2.05, 4.69) is 13.8 Å². The highest BCUT2D eigenvalue weighted by atomic mass is 16.7. The first-order chi connectivity index (χ1) is 15.9. The average Bonchev–Trinajstić information content (AvgIpc) is 2.78. The Kier molecular flexibility index (Phi) is 16.4. The maximum Gasteiger partial charge on any atom is 0.303 e. The van der Waals surface area contributed by atoms with Crippen LogP contribution in [0.1, 0.15) is 91.9 Å². The zero-order valence-corrected chi connectivity index (χ0v) is 21.3. The predicted molar refractivity (Wildman–Crippen MR) is 125 cm³/mol. The summed E-state index contributed by atoms with van der Waals surface area (Å²) in [5, 5.41) is 0. The molecule has 0 saturated carbocycles. The van der Waals surface area contributed by atoms with Gasteiger partial charge in [-0.1, -0.05) is 65.2 Å². The van der Waals surface area contributed by atoms with Crippen LogP contribution in [0.5, 0.6) is 0 Å². The fraction of sp³-hybridized carbons (Fsp3) is 0.920. The van der Waals surface area contributed by atoms with E-state index in [-0.39, 0.29) is 6.61 Å². The van der Waals surface area contributed by atoms with Crippen LogP contribution in [0.25, 0.3) is 0 Å². The highest BCUT2D eigenvalue weighted by Gasteiger charge is 2.50. The zero-order chi connectivity index (χ0) is 24.5. The van der Waals surface area contributed by atoms with Crippen LogP contribution >= 0.6 is 0 Å². The number of methoxy groups -OCH3 is 1. The number of ether oxygens (including phenoxy) is 6. The van der Waals surface area contributed by atoms with Crippen molar-refractivity contribution in [2.24, 2.45) is 0 Å². The summed E-state index contributed by atoms with van der Waals surface area (Å²) in [4.78, 5) is 23.3. The second-order valence-corrected chi connectivity index (χ2v) is 8.65. The molecule has 0 aromatic carbocycles. The molecule has 0 aromatic heterocycles. The monoisotopic (exact) mass is 474 g/mol. The highest BCUT2D eigenvalue weighted by Crippen LogP contribution is 2.29. The number of hydrogen-bond donors (Lipinski definition) is 0. The molecule has 194 valence electrons. The van der Waals surface area contributed by atoms with Gasteiger partial charge in [0, 0.05) is 34.2 Å². The molecule has 5 atom stereocenters. The summed E-state index contributed by atoms with van der Waals surface area (Å²) < 4.78 is 34.8. The summed E-state index contributed by atoms with van der Waals surface area (Å²) in [5.74, 6) is -0.847. The fourth-order valence-corrected chi connectivity index (χ4v) is 3.96. The van der Waals surface area contributed by atoms with Gasteiger partial charge >= 0.3 is 11.9 Å². The van der Waals surface area contributed by atoms with Crippen molar-refractivity contribution in [2.75, 3.05) is 26.9 Å². The SMILES string of the molecule is CCCCCCCO[C@@H]1[C@H](OC(C)=O)[C@@H](OC)O[C@H](COC(C)=O)[C@H]1OCCCCCCC. The van der Waals surface area contributed by atoms with Crippen molar-refractivity contribution in [1.82, 2.24) is 0 Å². The number of carbonyl (C=O) groups is 2. The van der Waals surface area contributed by atoms with Crippen molar-refractivity contribution < 1.29 is 38.0 Å². The minimum absolute atomic E-state index is 0.0127.